The van der Waals surface area contributed by atoms with Crippen molar-refractivity contribution < 1.29 is 27.1 Å². The minimum atomic E-state index is -4.64. The molecule has 2 aromatic carbocycles. The van der Waals surface area contributed by atoms with Crippen LogP contribution in [0.5, 0.6) is 11.5 Å². The molecule has 0 atom stereocenters. The number of halogens is 4. The summed E-state index contributed by atoms with van der Waals surface area (Å²) in [5, 5.41) is 9.37. The van der Waals surface area contributed by atoms with Crippen molar-refractivity contribution in [1.82, 2.24) is 15.2 Å². The molecule has 0 saturated carbocycles. The number of benzene rings is 2. The number of ether oxygens (including phenoxy) is 1. The Morgan fingerprint density at radius 2 is 1.85 bits per heavy atom. The monoisotopic (exact) mass is 489 g/mol. The first-order chi connectivity index (χ1) is 16.2. The van der Waals surface area contributed by atoms with Crippen molar-refractivity contribution in [2.75, 3.05) is 17.3 Å². The van der Waals surface area contributed by atoms with Gasteiger partial charge < -0.3 is 14.5 Å². The summed E-state index contributed by atoms with van der Waals surface area (Å²) in [5.41, 5.74) is -0.146. The zero-order valence-electron chi connectivity index (χ0n) is 17.4. The molecule has 0 aliphatic carbocycles. The number of amides is 2. The van der Waals surface area contributed by atoms with Gasteiger partial charge >= 0.3 is 12.2 Å². The third-order valence-electron chi connectivity index (χ3n) is 4.60. The van der Waals surface area contributed by atoms with Crippen molar-refractivity contribution in [3.63, 3.8) is 0 Å². The van der Waals surface area contributed by atoms with Crippen LogP contribution in [0.1, 0.15) is 5.56 Å². The van der Waals surface area contributed by atoms with E-state index >= 15 is 0 Å². The number of alkyl halides is 3. The van der Waals surface area contributed by atoms with Crippen LogP contribution in [0.15, 0.2) is 71.6 Å². The van der Waals surface area contributed by atoms with Crippen molar-refractivity contribution >= 4 is 29.0 Å². The summed E-state index contributed by atoms with van der Waals surface area (Å²) in [6.45, 7) is 0. The van der Waals surface area contributed by atoms with Crippen LogP contribution in [0.25, 0.3) is 11.6 Å². The van der Waals surface area contributed by atoms with Gasteiger partial charge in [0.25, 0.3) is 5.89 Å². The zero-order valence-corrected chi connectivity index (χ0v) is 18.1. The van der Waals surface area contributed by atoms with Crippen molar-refractivity contribution in [3.8, 4) is 23.1 Å². The molecule has 0 spiro atoms. The number of urea groups is 1. The van der Waals surface area contributed by atoms with E-state index in [1.54, 1.807) is 36.4 Å². The second-order valence-electron chi connectivity index (χ2n) is 6.90. The van der Waals surface area contributed by atoms with E-state index in [2.05, 4.69) is 20.5 Å². The molecule has 4 aromatic rings. The summed E-state index contributed by atoms with van der Waals surface area (Å²) in [6, 6.07) is 12.3. The highest BCUT2D eigenvalue weighted by Crippen LogP contribution is 2.36. The molecule has 174 valence electrons. The van der Waals surface area contributed by atoms with E-state index in [1.807, 2.05) is 0 Å². The Balaban J connectivity index is 1.43. The number of rotatable bonds is 5. The molecule has 0 aliphatic rings. The van der Waals surface area contributed by atoms with Crippen LogP contribution in [0, 0.1) is 0 Å². The highest BCUT2D eigenvalue weighted by molar-refractivity contribution is 6.31. The van der Waals surface area contributed by atoms with Gasteiger partial charge in [-0.25, -0.2) is 4.79 Å². The van der Waals surface area contributed by atoms with E-state index in [1.165, 1.54) is 30.6 Å². The molecular weight excluding hydrogens is 475 g/mol. The van der Waals surface area contributed by atoms with Crippen LogP contribution in [-0.2, 0) is 6.18 Å². The first-order valence-corrected chi connectivity index (χ1v) is 10.0. The van der Waals surface area contributed by atoms with E-state index in [-0.39, 0.29) is 11.6 Å². The van der Waals surface area contributed by atoms with E-state index in [4.69, 9.17) is 20.8 Å². The average molecular weight is 490 g/mol. The number of hydrogen-bond donors (Lipinski definition) is 1. The summed E-state index contributed by atoms with van der Waals surface area (Å²) in [6.07, 6.45) is -1.92. The summed E-state index contributed by atoms with van der Waals surface area (Å²) in [5.74, 6) is 1.20. The summed E-state index contributed by atoms with van der Waals surface area (Å²) in [7, 11) is 1.48. The quantitative estimate of drug-likeness (QED) is 0.355. The Kier molecular flexibility index (Phi) is 6.37. The summed E-state index contributed by atoms with van der Waals surface area (Å²) < 4.78 is 50.0. The molecule has 0 unspecified atom stereocenters. The third kappa shape index (κ3) is 5.26. The fraction of sp³-hybridized carbons (Fsp3) is 0.0909. The number of nitrogens with one attached hydrogen (secondary N) is 1. The maximum atomic E-state index is 13.0. The lowest BCUT2D eigenvalue weighted by molar-refractivity contribution is -0.137. The predicted molar refractivity (Wildman–Crippen MR) is 118 cm³/mol. The van der Waals surface area contributed by atoms with Gasteiger partial charge in [0.2, 0.25) is 6.39 Å². The Morgan fingerprint density at radius 1 is 1.09 bits per heavy atom. The number of hydrogen-bond acceptors (Lipinski definition) is 6. The maximum Gasteiger partial charge on any atom is 0.417 e. The molecule has 2 amide bonds. The van der Waals surface area contributed by atoms with Crippen LogP contribution in [-0.4, -0.2) is 28.3 Å². The molecule has 0 aliphatic heterocycles. The molecular formula is C22H15ClF3N5O3. The molecule has 12 heteroatoms. The first kappa shape index (κ1) is 23.1. The minimum absolute atomic E-state index is 0.0386. The first-order valence-electron chi connectivity index (χ1n) is 9.62. The number of carbonyl (C=O) groups is 1. The molecule has 0 bridgehead atoms. The van der Waals surface area contributed by atoms with Crippen molar-refractivity contribution in [1.29, 1.82) is 0 Å². The second-order valence-corrected chi connectivity index (χ2v) is 7.31. The predicted octanol–water partition coefficient (Wildman–Crippen LogP) is 6.26. The fourth-order valence-corrected chi connectivity index (χ4v) is 3.12. The van der Waals surface area contributed by atoms with Crippen molar-refractivity contribution in [2.45, 2.75) is 6.18 Å². The van der Waals surface area contributed by atoms with Gasteiger partial charge in [-0.05, 0) is 48.5 Å². The van der Waals surface area contributed by atoms with Gasteiger partial charge in [-0.15, -0.1) is 10.2 Å². The van der Waals surface area contributed by atoms with E-state index in [0.717, 1.165) is 12.1 Å². The van der Waals surface area contributed by atoms with Gasteiger partial charge in [0, 0.05) is 30.7 Å². The van der Waals surface area contributed by atoms with Gasteiger partial charge in [0.15, 0.2) is 0 Å². The normalized spacial score (nSPS) is 11.2. The Morgan fingerprint density at radius 3 is 2.53 bits per heavy atom. The van der Waals surface area contributed by atoms with Gasteiger partial charge in [-0.1, -0.05) is 11.6 Å². The van der Waals surface area contributed by atoms with Crippen LogP contribution in [0.3, 0.4) is 0 Å². The van der Waals surface area contributed by atoms with Gasteiger partial charge in [-0.2, -0.15) is 13.2 Å². The molecule has 2 heterocycles. The second kappa shape index (κ2) is 9.40. The highest BCUT2D eigenvalue weighted by atomic mass is 35.5. The van der Waals surface area contributed by atoms with Crippen LogP contribution < -0.4 is 15.0 Å². The molecule has 1 N–H and O–H groups in total. The van der Waals surface area contributed by atoms with Crippen molar-refractivity contribution in [3.05, 3.63) is 77.8 Å². The standard InChI is InChI=1S/C22H15ClF3N5O3/c1-31(21(32)29-13-2-7-18(23)17(10-13)22(24,25)26)14-3-5-15(6-4-14)34-16-8-9-27-19(11-16)20-30-28-12-33-20/h2-12H,1H3,(H,29,32). The van der Waals surface area contributed by atoms with E-state index in [0.29, 0.717) is 22.9 Å². The minimum Gasteiger partial charge on any atom is -0.457 e. The lowest BCUT2D eigenvalue weighted by atomic mass is 10.2. The van der Waals surface area contributed by atoms with Crippen molar-refractivity contribution in [2.24, 2.45) is 0 Å². The molecule has 0 saturated heterocycles. The molecule has 34 heavy (non-hydrogen) atoms. The third-order valence-corrected chi connectivity index (χ3v) is 4.93. The fourth-order valence-electron chi connectivity index (χ4n) is 2.89. The van der Waals surface area contributed by atoms with Gasteiger partial charge in [-0.3, -0.25) is 9.88 Å². The molecule has 4 rings (SSSR count). The molecule has 0 fully saturated rings. The Labute approximate surface area is 196 Å². The molecule has 2 aromatic heterocycles. The van der Waals surface area contributed by atoms with E-state index in [9.17, 15) is 18.0 Å². The maximum absolute atomic E-state index is 13.0. The topological polar surface area (TPSA) is 93.4 Å². The Bertz CT molecular complexity index is 1300. The zero-order chi connectivity index (χ0) is 24.3. The van der Waals surface area contributed by atoms with Crippen LogP contribution >= 0.6 is 11.6 Å². The van der Waals surface area contributed by atoms with Crippen LogP contribution in [0.4, 0.5) is 29.3 Å². The van der Waals surface area contributed by atoms with Crippen LogP contribution in [0.2, 0.25) is 5.02 Å². The average Bonchev–Trinajstić information content (AvgIpc) is 3.35. The SMILES string of the molecule is CN(C(=O)Nc1ccc(Cl)c(C(F)(F)F)c1)c1ccc(Oc2ccnc(-c3nnco3)c2)cc1. The number of nitrogens with zero attached hydrogens (tertiary/aromatic N) is 4. The van der Waals surface area contributed by atoms with E-state index < -0.39 is 22.8 Å². The highest BCUT2D eigenvalue weighted by Gasteiger charge is 2.33. The lowest BCUT2D eigenvalue weighted by Crippen LogP contribution is -2.31. The smallest absolute Gasteiger partial charge is 0.417 e. The molecule has 0 radical (unpaired) electrons. The number of aromatic nitrogens is 3. The van der Waals surface area contributed by atoms with Gasteiger partial charge in [0.05, 0.1) is 10.6 Å². The summed E-state index contributed by atoms with van der Waals surface area (Å²) in [4.78, 5) is 17.9. The summed E-state index contributed by atoms with van der Waals surface area (Å²) >= 11 is 5.61. The number of anilines is 2. The van der Waals surface area contributed by atoms with Gasteiger partial charge in [0.1, 0.15) is 17.2 Å². The lowest BCUT2D eigenvalue weighted by Gasteiger charge is -2.19. The molecule has 8 nitrogen and oxygen atoms in total. The largest absolute Gasteiger partial charge is 0.457 e. The number of carbonyl (C=O) groups excluding carboxylic acids is 1. The number of pyridine rings is 1. The Hall–Kier alpha value is -4.12.